The van der Waals surface area contributed by atoms with Crippen LogP contribution in [0.4, 0.5) is 5.69 Å². The van der Waals surface area contributed by atoms with Crippen molar-refractivity contribution in [3.63, 3.8) is 0 Å². The van der Waals surface area contributed by atoms with Gasteiger partial charge in [0.25, 0.3) is 0 Å². The van der Waals surface area contributed by atoms with Crippen molar-refractivity contribution in [2.75, 3.05) is 12.0 Å². The van der Waals surface area contributed by atoms with E-state index < -0.39 is 0 Å². The molecule has 5 nitrogen and oxygen atoms in total. The molecule has 0 saturated heterocycles. The number of benzene rings is 1. The second-order valence-corrected chi connectivity index (χ2v) is 4.14. The number of nitrogens with zero attached hydrogens (tertiary/aromatic N) is 4. The molecule has 0 unspecified atom stereocenters. The first-order valence-corrected chi connectivity index (χ1v) is 6.36. The summed E-state index contributed by atoms with van der Waals surface area (Å²) < 4.78 is 1.79. The van der Waals surface area contributed by atoms with E-state index in [0.717, 1.165) is 11.4 Å². The number of hydrogen-bond donors (Lipinski definition) is 1. The molecule has 0 aliphatic carbocycles. The third-order valence-corrected chi connectivity index (χ3v) is 2.70. The molecule has 0 spiro atoms. The summed E-state index contributed by atoms with van der Waals surface area (Å²) in [5, 5.41) is 7.72. The molecule has 0 amide bonds. The molecule has 20 heavy (non-hydrogen) atoms. The Kier molecular flexibility index (Phi) is 5.08. The zero-order chi connectivity index (χ0) is 14.2. The summed E-state index contributed by atoms with van der Waals surface area (Å²) in [6, 6.07) is 9.73. The highest BCUT2D eigenvalue weighted by Gasteiger charge is 2.02. The second kappa shape index (κ2) is 7.25. The summed E-state index contributed by atoms with van der Waals surface area (Å²) in [6.45, 7) is 3.89. The average molecular weight is 288 g/mol. The predicted octanol–water partition coefficient (Wildman–Crippen LogP) is 3.09. The number of allylic oxidation sites excluding steroid dienone is 1. The van der Waals surface area contributed by atoms with E-state index in [9.17, 15) is 0 Å². The Morgan fingerprint density at radius 1 is 1.40 bits per heavy atom. The van der Waals surface area contributed by atoms with Crippen molar-refractivity contribution in [1.82, 2.24) is 9.78 Å². The SMILES string of the molecule is C=C/C(Cl)=N\C=N/CNc1ccccc1-n1cccn1. The Hall–Kier alpha value is -2.40. The minimum absolute atomic E-state index is 0.311. The number of aliphatic imine (C=N–C) groups is 2. The van der Waals surface area contributed by atoms with Crippen LogP contribution in [0.1, 0.15) is 0 Å². The molecule has 2 rings (SSSR count). The van der Waals surface area contributed by atoms with Crippen LogP contribution in [-0.2, 0) is 0 Å². The molecule has 0 atom stereocenters. The van der Waals surface area contributed by atoms with E-state index in [0.29, 0.717) is 11.8 Å². The summed E-state index contributed by atoms with van der Waals surface area (Å²) in [4.78, 5) is 7.95. The van der Waals surface area contributed by atoms with Crippen LogP contribution in [0.3, 0.4) is 0 Å². The molecule has 1 aromatic carbocycles. The molecule has 1 N–H and O–H groups in total. The van der Waals surface area contributed by atoms with Crippen LogP contribution in [0.15, 0.2) is 65.4 Å². The maximum Gasteiger partial charge on any atom is 0.130 e. The number of anilines is 1. The molecule has 0 aliphatic rings. The predicted molar refractivity (Wildman–Crippen MR) is 84.0 cm³/mol. The lowest BCUT2D eigenvalue weighted by Gasteiger charge is -2.09. The van der Waals surface area contributed by atoms with E-state index in [1.807, 2.05) is 36.5 Å². The van der Waals surface area contributed by atoms with Crippen molar-refractivity contribution >= 4 is 28.8 Å². The van der Waals surface area contributed by atoms with Crippen LogP contribution in [0.2, 0.25) is 0 Å². The maximum atomic E-state index is 5.66. The van der Waals surface area contributed by atoms with Crippen molar-refractivity contribution in [2.24, 2.45) is 9.98 Å². The number of rotatable bonds is 6. The topological polar surface area (TPSA) is 54.6 Å². The van der Waals surface area contributed by atoms with E-state index in [-0.39, 0.29) is 0 Å². The molecule has 102 valence electrons. The molecule has 0 radical (unpaired) electrons. The van der Waals surface area contributed by atoms with Gasteiger partial charge in [-0.25, -0.2) is 9.67 Å². The van der Waals surface area contributed by atoms with Gasteiger partial charge < -0.3 is 5.32 Å². The van der Waals surface area contributed by atoms with Gasteiger partial charge in [0.15, 0.2) is 0 Å². The lowest BCUT2D eigenvalue weighted by atomic mass is 10.2. The van der Waals surface area contributed by atoms with Crippen molar-refractivity contribution in [2.45, 2.75) is 0 Å². The Balaban J connectivity index is 2.02. The quantitative estimate of drug-likeness (QED) is 0.656. The lowest BCUT2D eigenvalue weighted by molar-refractivity contribution is 0.879. The van der Waals surface area contributed by atoms with Crippen LogP contribution in [-0.4, -0.2) is 28.0 Å². The zero-order valence-corrected chi connectivity index (χ0v) is 11.5. The fourth-order valence-corrected chi connectivity index (χ4v) is 1.60. The Morgan fingerprint density at radius 3 is 3.00 bits per heavy atom. The van der Waals surface area contributed by atoms with E-state index in [2.05, 4.69) is 27.0 Å². The molecule has 0 fully saturated rings. The van der Waals surface area contributed by atoms with E-state index in [4.69, 9.17) is 11.6 Å². The smallest absolute Gasteiger partial charge is 0.130 e. The highest BCUT2D eigenvalue weighted by molar-refractivity contribution is 6.68. The van der Waals surface area contributed by atoms with Crippen LogP contribution in [0.25, 0.3) is 5.69 Å². The molecule has 0 bridgehead atoms. The number of hydrogen-bond acceptors (Lipinski definition) is 3. The van der Waals surface area contributed by atoms with Gasteiger partial charge in [-0.15, -0.1) is 0 Å². The van der Waals surface area contributed by atoms with Gasteiger partial charge >= 0.3 is 0 Å². The summed E-state index contributed by atoms with van der Waals surface area (Å²) in [5.41, 5.74) is 1.90. The van der Waals surface area contributed by atoms with Gasteiger partial charge in [-0.2, -0.15) is 5.10 Å². The molecular weight excluding hydrogens is 274 g/mol. The Morgan fingerprint density at radius 2 is 2.25 bits per heavy atom. The van der Waals surface area contributed by atoms with Crippen molar-refractivity contribution in [1.29, 1.82) is 0 Å². The fourth-order valence-electron chi connectivity index (χ4n) is 1.55. The number of nitrogens with one attached hydrogen (secondary N) is 1. The molecule has 6 heteroatoms. The summed E-state index contributed by atoms with van der Waals surface area (Å²) in [6.07, 6.45) is 6.47. The summed E-state index contributed by atoms with van der Waals surface area (Å²) >= 11 is 5.66. The lowest BCUT2D eigenvalue weighted by Crippen LogP contribution is -2.04. The number of para-hydroxylation sites is 2. The van der Waals surface area contributed by atoms with Gasteiger partial charge in [-0.3, -0.25) is 4.99 Å². The normalized spacial score (nSPS) is 11.8. The number of halogens is 1. The fraction of sp³-hybridized carbons (Fsp3) is 0.0714. The second-order valence-electron chi connectivity index (χ2n) is 3.76. The van der Waals surface area contributed by atoms with Crippen LogP contribution < -0.4 is 5.32 Å². The van der Waals surface area contributed by atoms with Crippen LogP contribution in [0, 0.1) is 0 Å². The zero-order valence-electron chi connectivity index (χ0n) is 10.8. The average Bonchev–Trinajstić information content (AvgIpc) is 3.01. The van der Waals surface area contributed by atoms with E-state index in [1.54, 1.807) is 10.9 Å². The molecule has 1 heterocycles. The van der Waals surface area contributed by atoms with Crippen molar-refractivity contribution in [3.8, 4) is 5.69 Å². The first kappa shape index (κ1) is 14.0. The first-order valence-electron chi connectivity index (χ1n) is 5.98. The van der Waals surface area contributed by atoms with Gasteiger partial charge in [-0.1, -0.05) is 30.3 Å². The summed E-state index contributed by atoms with van der Waals surface area (Å²) in [7, 11) is 0. The van der Waals surface area contributed by atoms with Crippen molar-refractivity contribution in [3.05, 3.63) is 55.4 Å². The molecule has 2 aromatic rings. The molecular formula is C14H14ClN5. The van der Waals surface area contributed by atoms with Gasteiger partial charge in [0.2, 0.25) is 0 Å². The van der Waals surface area contributed by atoms with Crippen LogP contribution >= 0.6 is 11.6 Å². The Labute approximate surface area is 122 Å². The minimum atomic E-state index is 0.311. The molecule has 0 saturated carbocycles. The maximum absolute atomic E-state index is 5.66. The molecule has 0 aliphatic heterocycles. The third kappa shape index (κ3) is 3.80. The Bertz CT molecular complexity index is 616. The van der Waals surface area contributed by atoms with Gasteiger partial charge in [0.1, 0.15) is 18.2 Å². The van der Waals surface area contributed by atoms with Gasteiger partial charge in [0, 0.05) is 12.4 Å². The van der Waals surface area contributed by atoms with E-state index >= 15 is 0 Å². The number of aromatic nitrogens is 2. The van der Waals surface area contributed by atoms with E-state index in [1.165, 1.54) is 12.4 Å². The standard InChI is InChI=1S/C14H14ClN5/c1-2-14(15)18-11-16-10-17-12-6-3-4-7-13(12)20-9-5-8-19-20/h2-9,11,17H,1,10H2/b16-11-,18-14+. The molecule has 1 aromatic heterocycles. The highest BCUT2D eigenvalue weighted by Crippen LogP contribution is 2.18. The van der Waals surface area contributed by atoms with Gasteiger partial charge in [0.05, 0.1) is 11.4 Å². The summed E-state index contributed by atoms with van der Waals surface area (Å²) in [5.74, 6) is 0. The highest BCUT2D eigenvalue weighted by atomic mass is 35.5. The van der Waals surface area contributed by atoms with Crippen molar-refractivity contribution < 1.29 is 0 Å². The van der Waals surface area contributed by atoms with Crippen LogP contribution in [0.5, 0.6) is 0 Å². The third-order valence-electron chi connectivity index (χ3n) is 2.45. The largest absolute Gasteiger partial charge is 0.364 e. The van der Waals surface area contributed by atoms with Gasteiger partial charge in [-0.05, 0) is 24.3 Å². The first-order chi connectivity index (χ1) is 9.81. The monoisotopic (exact) mass is 287 g/mol. The minimum Gasteiger partial charge on any atom is -0.364 e.